The van der Waals surface area contributed by atoms with E-state index in [-0.39, 0.29) is 11.9 Å². The fourth-order valence-electron chi connectivity index (χ4n) is 1.79. The van der Waals surface area contributed by atoms with E-state index < -0.39 is 5.82 Å². The molecule has 0 aromatic carbocycles. The van der Waals surface area contributed by atoms with E-state index in [2.05, 4.69) is 10.3 Å². The van der Waals surface area contributed by atoms with Crippen LogP contribution in [0.4, 0.5) is 4.39 Å². The van der Waals surface area contributed by atoms with Crippen LogP contribution in [-0.4, -0.2) is 41.5 Å². The summed E-state index contributed by atoms with van der Waals surface area (Å²) >= 11 is 0. The van der Waals surface area contributed by atoms with Crippen LogP contribution in [-0.2, 0) is 0 Å². The Balaban J connectivity index is 2.14. The molecular formula is C11H14FN3O. The van der Waals surface area contributed by atoms with E-state index in [1.165, 1.54) is 12.1 Å². The lowest BCUT2D eigenvalue weighted by atomic mass is 10.2. The summed E-state index contributed by atoms with van der Waals surface area (Å²) in [6.45, 7) is 4.22. The lowest BCUT2D eigenvalue weighted by Gasteiger charge is -2.33. The van der Waals surface area contributed by atoms with Gasteiger partial charge in [-0.25, -0.2) is 9.37 Å². The van der Waals surface area contributed by atoms with Gasteiger partial charge in [-0.3, -0.25) is 4.79 Å². The van der Waals surface area contributed by atoms with E-state index in [1.807, 2.05) is 6.92 Å². The number of piperazine rings is 1. The third-order valence-corrected chi connectivity index (χ3v) is 2.71. The average molecular weight is 223 g/mol. The predicted molar refractivity (Wildman–Crippen MR) is 57.6 cm³/mol. The van der Waals surface area contributed by atoms with Gasteiger partial charge in [-0.1, -0.05) is 0 Å². The van der Waals surface area contributed by atoms with Crippen molar-refractivity contribution in [2.75, 3.05) is 19.6 Å². The highest BCUT2D eigenvalue weighted by Gasteiger charge is 2.24. The zero-order valence-corrected chi connectivity index (χ0v) is 9.11. The van der Waals surface area contributed by atoms with Gasteiger partial charge in [0, 0.05) is 25.7 Å². The van der Waals surface area contributed by atoms with Gasteiger partial charge in [0.25, 0.3) is 5.91 Å². The van der Waals surface area contributed by atoms with Crippen LogP contribution in [0.25, 0.3) is 0 Å². The van der Waals surface area contributed by atoms with Crippen LogP contribution in [0.15, 0.2) is 18.3 Å². The number of rotatable bonds is 1. The number of hydrogen-bond donors (Lipinski definition) is 1. The smallest absolute Gasteiger partial charge is 0.272 e. The second-order valence-corrected chi connectivity index (χ2v) is 3.91. The Labute approximate surface area is 93.5 Å². The minimum atomic E-state index is -0.426. The van der Waals surface area contributed by atoms with Crippen LogP contribution in [0.1, 0.15) is 17.4 Å². The molecule has 2 heterocycles. The Morgan fingerprint density at radius 3 is 3.06 bits per heavy atom. The SMILES string of the molecule is C[C@H]1CNCCN1C(=O)c1ccc(F)cn1. The summed E-state index contributed by atoms with van der Waals surface area (Å²) in [6, 6.07) is 2.83. The van der Waals surface area contributed by atoms with Gasteiger partial charge in [0.15, 0.2) is 0 Å². The van der Waals surface area contributed by atoms with Gasteiger partial charge in [-0.05, 0) is 19.1 Å². The van der Waals surface area contributed by atoms with E-state index in [0.29, 0.717) is 12.2 Å². The third kappa shape index (κ3) is 2.19. The molecule has 4 nitrogen and oxygen atoms in total. The summed E-state index contributed by atoms with van der Waals surface area (Å²) in [7, 11) is 0. The zero-order chi connectivity index (χ0) is 11.5. The summed E-state index contributed by atoms with van der Waals surface area (Å²) < 4.78 is 12.7. The molecular weight excluding hydrogens is 209 g/mol. The highest BCUT2D eigenvalue weighted by Crippen LogP contribution is 2.08. The van der Waals surface area contributed by atoms with E-state index in [1.54, 1.807) is 4.90 Å². The summed E-state index contributed by atoms with van der Waals surface area (Å²) in [5, 5.41) is 3.21. The first-order valence-electron chi connectivity index (χ1n) is 5.32. The van der Waals surface area contributed by atoms with E-state index in [0.717, 1.165) is 19.3 Å². The molecule has 0 bridgehead atoms. The number of carbonyl (C=O) groups is 1. The molecule has 2 rings (SSSR count). The molecule has 1 atom stereocenters. The van der Waals surface area contributed by atoms with E-state index in [4.69, 9.17) is 0 Å². The van der Waals surface area contributed by atoms with E-state index in [9.17, 15) is 9.18 Å². The maximum absolute atomic E-state index is 12.7. The molecule has 1 aromatic rings. The van der Waals surface area contributed by atoms with Gasteiger partial charge in [0.2, 0.25) is 0 Å². The summed E-state index contributed by atoms with van der Waals surface area (Å²) in [4.78, 5) is 17.6. The number of nitrogens with zero attached hydrogens (tertiary/aromatic N) is 2. The molecule has 0 unspecified atom stereocenters. The van der Waals surface area contributed by atoms with Gasteiger partial charge in [0.05, 0.1) is 6.20 Å². The third-order valence-electron chi connectivity index (χ3n) is 2.71. The molecule has 1 aliphatic rings. The average Bonchev–Trinajstić information content (AvgIpc) is 2.30. The Morgan fingerprint density at radius 1 is 1.62 bits per heavy atom. The molecule has 1 saturated heterocycles. The molecule has 16 heavy (non-hydrogen) atoms. The Bertz CT molecular complexity index is 379. The molecule has 5 heteroatoms. The van der Waals surface area contributed by atoms with Crippen molar-refractivity contribution in [2.45, 2.75) is 13.0 Å². The second-order valence-electron chi connectivity index (χ2n) is 3.91. The molecule has 1 aliphatic heterocycles. The van der Waals surface area contributed by atoms with Gasteiger partial charge in [-0.15, -0.1) is 0 Å². The van der Waals surface area contributed by atoms with Crippen molar-refractivity contribution in [2.24, 2.45) is 0 Å². The highest BCUT2D eigenvalue weighted by molar-refractivity contribution is 5.92. The van der Waals surface area contributed by atoms with Crippen LogP contribution in [0.5, 0.6) is 0 Å². The van der Waals surface area contributed by atoms with Crippen molar-refractivity contribution in [3.05, 3.63) is 29.8 Å². The maximum Gasteiger partial charge on any atom is 0.272 e. The van der Waals surface area contributed by atoms with Crippen molar-refractivity contribution in [3.63, 3.8) is 0 Å². The van der Waals surface area contributed by atoms with Crippen molar-refractivity contribution in [3.8, 4) is 0 Å². The first kappa shape index (κ1) is 11.0. The normalized spacial score (nSPS) is 20.9. The lowest BCUT2D eigenvalue weighted by molar-refractivity contribution is 0.0649. The van der Waals surface area contributed by atoms with E-state index >= 15 is 0 Å². The number of carbonyl (C=O) groups excluding carboxylic acids is 1. The summed E-state index contributed by atoms with van der Waals surface area (Å²) in [5.41, 5.74) is 0.301. The Hall–Kier alpha value is -1.49. The molecule has 1 fully saturated rings. The number of aromatic nitrogens is 1. The van der Waals surface area contributed by atoms with Gasteiger partial charge in [-0.2, -0.15) is 0 Å². The fourth-order valence-corrected chi connectivity index (χ4v) is 1.79. The quantitative estimate of drug-likeness (QED) is 0.760. The van der Waals surface area contributed by atoms with Crippen LogP contribution in [0.3, 0.4) is 0 Å². The van der Waals surface area contributed by atoms with Gasteiger partial charge >= 0.3 is 0 Å². The number of halogens is 1. The van der Waals surface area contributed by atoms with Crippen molar-refractivity contribution in [1.29, 1.82) is 0 Å². The molecule has 1 N–H and O–H groups in total. The predicted octanol–water partition coefficient (Wildman–Crippen LogP) is 0.655. The van der Waals surface area contributed by atoms with Crippen LogP contribution in [0.2, 0.25) is 0 Å². The van der Waals surface area contributed by atoms with Crippen molar-refractivity contribution >= 4 is 5.91 Å². The van der Waals surface area contributed by atoms with Crippen molar-refractivity contribution < 1.29 is 9.18 Å². The fraction of sp³-hybridized carbons (Fsp3) is 0.455. The number of nitrogens with one attached hydrogen (secondary N) is 1. The van der Waals surface area contributed by atoms with Crippen LogP contribution < -0.4 is 5.32 Å². The molecule has 1 aromatic heterocycles. The molecule has 0 aliphatic carbocycles. The second kappa shape index (κ2) is 4.57. The largest absolute Gasteiger partial charge is 0.332 e. The van der Waals surface area contributed by atoms with Crippen molar-refractivity contribution in [1.82, 2.24) is 15.2 Å². The standard InChI is InChI=1S/C11H14FN3O/c1-8-6-13-4-5-15(8)11(16)10-3-2-9(12)7-14-10/h2-3,7-8,13H,4-6H2,1H3/t8-/m0/s1. The number of hydrogen-bond acceptors (Lipinski definition) is 3. The molecule has 0 saturated carbocycles. The first-order valence-corrected chi connectivity index (χ1v) is 5.32. The molecule has 86 valence electrons. The topological polar surface area (TPSA) is 45.2 Å². The molecule has 0 spiro atoms. The Morgan fingerprint density at radius 2 is 2.44 bits per heavy atom. The summed E-state index contributed by atoms with van der Waals surface area (Å²) in [6.07, 6.45) is 1.07. The minimum Gasteiger partial charge on any atom is -0.332 e. The highest BCUT2D eigenvalue weighted by atomic mass is 19.1. The number of amides is 1. The van der Waals surface area contributed by atoms with Gasteiger partial charge in [0.1, 0.15) is 11.5 Å². The summed E-state index contributed by atoms with van der Waals surface area (Å²) in [5.74, 6) is -0.557. The molecule has 0 radical (unpaired) electrons. The number of pyridine rings is 1. The Kier molecular flexibility index (Phi) is 3.14. The maximum atomic E-state index is 12.7. The minimum absolute atomic E-state index is 0.131. The van der Waals surface area contributed by atoms with Crippen LogP contribution >= 0.6 is 0 Å². The van der Waals surface area contributed by atoms with Gasteiger partial charge < -0.3 is 10.2 Å². The van der Waals surface area contributed by atoms with Crippen LogP contribution in [0, 0.1) is 5.82 Å². The lowest BCUT2D eigenvalue weighted by Crippen LogP contribution is -2.52. The first-order chi connectivity index (χ1) is 7.68. The molecule has 1 amide bonds. The zero-order valence-electron chi connectivity index (χ0n) is 9.11. The monoisotopic (exact) mass is 223 g/mol.